The number of nitrogens with zero attached hydrogens (tertiary/aromatic N) is 5. The van der Waals surface area contributed by atoms with E-state index in [0.717, 1.165) is 37.0 Å². The van der Waals surface area contributed by atoms with E-state index in [4.69, 9.17) is 20.3 Å². The van der Waals surface area contributed by atoms with Gasteiger partial charge in [-0.1, -0.05) is 12.8 Å². The van der Waals surface area contributed by atoms with Gasteiger partial charge in [-0.3, -0.25) is 14.3 Å². The number of piperidine rings is 1. The maximum atomic E-state index is 13.6. The van der Waals surface area contributed by atoms with Crippen molar-refractivity contribution in [2.75, 3.05) is 27.3 Å². The van der Waals surface area contributed by atoms with E-state index in [-0.39, 0.29) is 42.1 Å². The van der Waals surface area contributed by atoms with Crippen LogP contribution in [0.2, 0.25) is 0 Å². The van der Waals surface area contributed by atoms with Crippen molar-refractivity contribution < 1.29 is 19.1 Å². The van der Waals surface area contributed by atoms with E-state index < -0.39 is 6.04 Å². The first-order valence-electron chi connectivity index (χ1n) is 13.2. The minimum atomic E-state index is -0.647. The molecule has 1 aliphatic carbocycles. The maximum Gasteiger partial charge on any atom is 0.246 e. The molecule has 2 amide bonds. The average Bonchev–Trinajstić information content (AvgIpc) is 3.46. The van der Waals surface area contributed by atoms with Crippen LogP contribution in [0.5, 0.6) is 11.5 Å². The molecule has 5 rings (SSSR count). The molecule has 3 aliphatic rings. The highest BCUT2D eigenvalue weighted by Gasteiger charge is 2.44. The van der Waals surface area contributed by atoms with Crippen LogP contribution in [0.15, 0.2) is 41.8 Å². The van der Waals surface area contributed by atoms with Gasteiger partial charge >= 0.3 is 0 Å². The number of halogens is 1. The topological polar surface area (TPSA) is 115 Å². The highest BCUT2D eigenvalue weighted by Crippen LogP contribution is 2.40. The van der Waals surface area contributed by atoms with E-state index in [0.29, 0.717) is 44.0 Å². The van der Waals surface area contributed by atoms with Crippen molar-refractivity contribution in [1.29, 1.82) is 0 Å². The van der Waals surface area contributed by atoms with Crippen molar-refractivity contribution in [1.82, 2.24) is 19.7 Å². The van der Waals surface area contributed by atoms with Crippen molar-refractivity contribution in [3.8, 4) is 11.5 Å². The first-order valence-corrected chi connectivity index (χ1v) is 13.2. The Labute approximate surface area is 229 Å². The van der Waals surface area contributed by atoms with Gasteiger partial charge in [-0.05, 0) is 49.9 Å². The normalized spacial score (nSPS) is 22.7. The quantitative estimate of drug-likeness (QED) is 0.573. The number of aromatic nitrogens is 2. The summed E-state index contributed by atoms with van der Waals surface area (Å²) in [6.07, 6.45) is 8.81. The largest absolute Gasteiger partial charge is 0.493 e. The second-order valence-electron chi connectivity index (χ2n) is 10.1. The Morgan fingerprint density at radius 3 is 2.45 bits per heavy atom. The molecule has 206 valence electrons. The van der Waals surface area contributed by atoms with Gasteiger partial charge in [0, 0.05) is 42.9 Å². The standard InChI is InChI=1S/C27H36N6O4.ClH/c1-36-23-9-8-18(16-24(23)37-2)25-20-6-3-4-7-21(20)26(34)33(30-25)19-10-14-31(15-11-19)27(35)22(28)17-32-13-5-12-29-32;/h5,8-9,12-13,16,19-22H,3-4,6-7,10-11,14-15,17,28H2,1-2H3;1H/t20-,21+,22-;/m0./s1. The summed E-state index contributed by atoms with van der Waals surface area (Å²) < 4.78 is 12.6. The Balaban J connectivity index is 0.00000336. The molecule has 2 fully saturated rings. The van der Waals surface area contributed by atoms with Crippen molar-refractivity contribution in [2.45, 2.75) is 57.2 Å². The number of ether oxygens (including phenoxy) is 2. The van der Waals surface area contributed by atoms with Crippen molar-refractivity contribution in [2.24, 2.45) is 22.7 Å². The molecule has 0 bridgehead atoms. The SMILES string of the molecule is COc1ccc(C2=NN(C3CCN(C(=O)[C@@H](N)Cn4cccn4)CC3)C(=O)[C@@H]3CCCC[C@H]23)cc1OC.Cl. The average molecular weight is 545 g/mol. The third-order valence-electron chi connectivity index (χ3n) is 7.94. The van der Waals surface area contributed by atoms with Crippen LogP contribution in [0.3, 0.4) is 0 Å². The molecule has 3 atom stereocenters. The van der Waals surface area contributed by atoms with Crippen molar-refractivity contribution in [3.63, 3.8) is 0 Å². The van der Waals surface area contributed by atoms with Crippen LogP contribution in [0.4, 0.5) is 0 Å². The summed E-state index contributed by atoms with van der Waals surface area (Å²) in [6, 6.07) is 6.97. The minimum Gasteiger partial charge on any atom is -0.493 e. The molecule has 1 saturated carbocycles. The number of hydrazone groups is 1. The van der Waals surface area contributed by atoms with Crippen LogP contribution in [-0.2, 0) is 16.1 Å². The molecule has 11 heteroatoms. The maximum absolute atomic E-state index is 13.6. The van der Waals surface area contributed by atoms with Crippen LogP contribution in [0.25, 0.3) is 0 Å². The van der Waals surface area contributed by atoms with E-state index in [1.165, 1.54) is 0 Å². The number of rotatable bonds is 7. The highest BCUT2D eigenvalue weighted by atomic mass is 35.5. The van der Waals surface area contributed by atoms with Crippen LogP contribution < -0.4 is 15.2 Å². The predicted octanol–water partition coefficient (Wildman–Crippen LogP) is 2.69. The molecule has 2 N–H and O–H groups in total. The third kappa shape index (κ3) is 5.51. The smallest absolute Gasteiger partial charge is 0.246 e. The van der Waals surface area contributed by atoms with E-state index in [9.17, 15) is 9.59 Å². The Morgan fingerprint density at radius 1 is 1.08 bits per heavy atom. The van der Waals surface area contributed by atoms with Gasteiger partial charge in [-0.15, -0.1) is 12.4 Å². The zero-order valence-electron chi connectivity index (χ0n) is 22.0. The fourth-order valence-electron chi connectivity index (χ4n) is 5.95. The lowest BCUT2D eigenvalue weighted by Crippen LogP contribution is -2.55. The number of carbonyl (C=O) groups is 2. The van der Waals surface area contributed by atoms with Gasteiger partial charge in [0.15, 0.2) is 11.5 Å². The predicted molar refractivity (Wildman–Crippen MR) is 145 cm³/mol. The summed E-state index contributed by atoms with van der Waals surface area (Å²) in [6.45, 7) is 1.45. The molecular weight excluding hydrogens is 508 g/mol. The number of benzene rings is 1. The number of likely N-dealkylation sites (tertiary alicyclic amines) is 1. The molecule has 1 saturated heterocycles. The zero-order chi connectivity index (χ0) is 25.9. The molecule has 0 radical (unpaired) electrons. The number of nitrogens with two attached hydrogens (primary N) is 1. The van der Waals surface area contributed by atoms with E-state index in [2.05, 4.69) is 5.10 Å². The minimum absolute atomic E-state index is 0. The third-order valence-corrected chi connectivity index (χ3v) is 7.94. The number of carbonyl (C=O) groups excluding carboxylic acids is 2. The number of methoxy groups -OCH3 is 2. The molecule has 10 nitrogen and oxygen atoms in total. The number of hydrogen-bond donors (Lipinski definition) is 1. The van der Waals surface area contributed by atoms with Crippen LogP contribution in [0.1, 0.15) is 44.1 Å². The molecule has 1 aromatic heterocycles. The summed E-state index contributed by atoms with van der Waals surface area (Å²) in [5.41, 5.74) is 8.09. The molecule has 0 spiro atoms. The summed E-state index contributed by atoms with van der Waals surface area (Å²) in [5, 5.41) is 10.9. The molecule has 38 heavy (non-hydrogen) atoms. The number of amides is 2. The Bertz CT molecular complexity index is 1150. The Morgan fingerprint density at radius 2 is 1.79 bits per heavy atom. The van der Waals surface area contributed by atoms with Gasteiger partial charge < -0.3 is 20.1 Å². The second kappa shape index (κ2) is 12.2. The Kier molecular flexibility index (Phi) is 8.94. The monoisotopic (exact) mass is 544 g/mol. The van der Waals surface area contributed by atoms with Crippen LogP contribution in [-0.4, -0.2) is 76.6 Å². The lowest BCUT2D eigenvalue weighted by molar-refractivity contribution is -0.143. The van der Waals surface area contributed by atoms with Crippen molar-refractivity contribution >= 4 is 29.9 Å². The van der Waals surface area contributed by atoms with E-state index >= 15 is 0 Å². The summed E-state index contributed by atoms with van der Waals surface area (Å²) in [7, 11) is 3.24. The molecule has 0 unspecified atom stereocenters. The van der Waals surface area contributed by atoms with E-state index in [1.807, 2.05) is 29.2 Å². The van der Waals surface area contributed by atoms with Crippen molar-refractivity contribution in [3.05, 3.63) is 42.2 Å². The van der Waals surface area contributed by atoms with Gasteiger partial charge in [-0.25, -0.2) is 5.01 Å². The van der Waals surface area contributed by atoms with Gasteiger partial charge in [0.05, 0.1) is 32.5 Å². The van der Waals surface area contributed by atoms with Gasteiger partial charge in [-0.2, -0.15) is 10.2 Å². The van der Waals surface area contributed by atoms with Crippen LogP contribution >= 0.6 is 12.4 Å². The first-order chi connectivity index (χ1) is 18.0. The summed E-state index contributed by atoms with van der Waals surface area (Å²) in [5.74, 6) is 1.40. The number of fused-ring (bicyclic) bond motifs is 1. The molecule has 2 aromatic rings. The fourth-order valence-corrected chi connectivity index (χ4v) is 5.95. The first kappa shape index (κ1) is 27.9. The van der Waals surface area contributed by atoms with Gasteiger partial charge in [0.25, 0.3) is 0 Å². The number of hydrogen-bond acceptors (Lipinski definition) is 7. The fraction of sp³-hybridized carbons (Fsp3) is 0.556. The summed E-state index contributed by atoms with van der Waals surface area (Å²) >= 11 is 0. The molecule has 3 heterocycles. The molecular formula is C27H37ClN6O4. The summed E-state index contributed by atoms with van der Waals surface area (Å²) in [4.78, 5) is 28.4. The highest BCUT2D eigenvalue weighted by molar-refractivity contribution is 6.07. The van der Waals surface area contributed by atoms with Gasteiger partial charge in [0.1, 0.15) is 6.04 Å². The zero-order valence-corrected chi connectivity index (χ0v) is 22.8. The van der Waals surface area contributed by atoms with E-state index in [1.54, 1.807) is 36.3 Å². The second-order valence-corrected chi connectivity index (χ2v) is 10.1. The molecule has 2 aliphatic heterocycles. The molecule has 1 aromatic carbocycles. The lowest BCUT2D eigenvalue weighted by atomic mass is 9.73. The van der Waals surface area contributed by atoms with Crippen LogP contribution in [0, 0.1) is 11.8 Å². The Hall–Kier alpha value is -3.11. The van der Waals surface area contributed by atoms with Gasteiger partial charge in [0.2, 0.25) is 11.8 Å². The lowest BCUT2D eigenvalue weighted by Gasteiger charge is -2.43.